The highest BCUT2D eigenvalue weighted by atomic mass is 16.5. The molecule has 7 heteroatoms. The van der Waals surface area contributed by atoms with Crippen molar-refractivity contribution in [3.63, 3.8) is 0 Å². The maximum absolute atomic E-state index is 12.7. The number of hydrogen-bond donors (Lipinski definition) is 1. The highest BCUT2D eigenvalue weighted by molar-refractivity contribution is 5.88. The third-order valence-electron chi connectivity index (χ3n) is 4.31. The summed E-state index contributed by atoms with van der Waals surface area (Å²) in [7, 11) is 0. The van der Waals surface area contributed by atoms with Crippen LogP contribution in [0.5, 0.6) is 0 Å². The zero-order valence-corrected chi connectivity index (χ0v) is 15.6. The topological polar surface area (TPSA) is 85.6 Å². The molecule has 1 unspecified atom stereocenters. The quantitative estimate of drug-likeness (QED) is 0.499. The Morgan fingerprint density at radius 3 is 2.85 bits per heavy atom. The normalized spacial score (nSPS) is 16.0. The zero-order chi connectivity index (χ0) is 19.4. The lowest BCUT2D eigenvalue weighted by atomic mass is 10.1. The van der Waals surface area contributed by atoms with Crippen LogP contribution in [0.3, 0.4) is 0 Å². The number of esters is 1. The first-order chi connectivity index (χ1) is 13.0. The third-order valence-corrected chi connectivity index (χ3v) is 4.31. The molecule has 0 radical (unpaired) electrons. The van der Waals surface area contributed by atoms with Gasteiger partial charge in [0, 0.05) is 12.2 Å². The molecule has 0 saturated heterocycles. The Kier molecular flexibility index (Phi) is 5.49. The van der Waals surface area contributed by atoms with Gasteiger partial charge in [-0.3, -0.25) is 14.8 Å². The van der Waals surface area contributed by atoms with E-state index in [9.17, 15) is 9.59 Å². The van der Waals surface area contributed by atoms with E-state index in [1.165, 1.54) is 16.3 Å². The molecular formula is C20H22N4O3. The first-order valence-electron chi connectivity index (χ1n) is 8.86. The van der Waals surface area contributed by atoms with Crippen LogP contribution in [0.4, 0.5) is 0 Å². The minimum Gasteiger partial charge on any atom is -0.462 e. The van der Waals surface area contributed by atoms with Gasteiger partial charge in [-0.2, -0.15) is 5.10 Å². The number of carbonyl (C=O) groups excluding carboxylic acids is 1. The minimum atomic E-state index is -0.654. The van der Waals surface area contributed by atoms with Crippen LogP contribution in [0.1, 0.15) is 53.6 Å². The second kappa shape index (κ2) is 7.99. The van der Waals surface area contributed by atoms with Gasteiger partial charge in [-0.15, -0.1) is 0 Å². The average Bonchev–Trinajstić information content (AvgIpc) is 2.65. The molecule has 1 aromatic carbocycles. The van der Waals surface area contributed by atoms with E-state index in [1.54, 1.807) is 13.1 Å². The monoisotopic (exact) mass is 366 g/mol. The van der Waals surface area contributed by atoms with Crippen LogP contribution in [0, 0.1) is 6.92 Å². The van der Waals surface area contributed by atoms with Crippen molar-refractivity contribution in [3.8, 4) is 0 Å². The van der Waals surface area contributed by atoms with E-state index in [2.05, 4.69) is 15.5 Å². The molecule has 2 heterocycles. The van der Waals surface area contributed by atoms with Gasteiger partial charge in [0.05, 0.1) is 18.5 Å². The van der Waals surface area contributed by atoms with Crippen LogP contribution in [0.15, 0.2) is 46.4 Å². The van der Waals surface area contributed by atoms with Crippen LogP contribution in [-0.4, -0.2) is 28.3 Å². The van der Waals surface area contributed by atoms with Gasteiger partial charge >= 0.3 is 5.97 Å². The number of hydrazone groups is 1. The molecule has 1 aromatic heterocycles. The SMILES string of the molecule is CCOC(=O)c1cnc2n(c1=O)C(C)CC=C2N/N=C/c1ccc(C)cc1. The predicted molar refractivity (Wildman–Crippen MR) is 104 cm³/mol. The first-order valence-corrected chi connectivity index (χ1v) is 8.86. The van der Waals surface area contributed by atoms with E-state index >= 15 is 0 Å². The van der Waals surface area contributed by atoms with Crippen LogP contribution in [0.2, 0.25) is 0 Å². The molecule has 0 bridgehead atoms. The number of carbonyl (C=O) groups is 1. The van der Waals surface area contributed by atoms with Gasteiger partial charge in [-0.1, -0.05) is 35.9 Å². The molecule has 0 amide bonds. The van der Waals surface area contributed by atoms with E-state index in [1.807, 2.05) is 44.2 Å². The molecule has 1 aliphatic heterocycles. The first kappa shape index (κ1) is 18.6. The Morgan fingerprint density at radius 2 is 2.15 bits per heavy atom. The number of rotatable bonds is 5. The number of allylic oxidation sites excluding steroid dienone is 1. The largest absolute Gasteiger partial charge is 0.462 e. The van der Waals surface area contributed by atoms with E-state index in [4.69, 9.17) is 4.74 Å². The summed E-state index contributed by atoms with van der Waals surface area (Å²) in [5.74, 6) is -0.202. The Labute approximate surface area is 157 Å². The number of aromatic nitrogens is 2. The van der Waals surface area contributed by atoms with Crippen molar-refractivity contribution in [1.82, 2.24) is 15.0 Å². The van der Waals surface area contributed by atoms with Crippen molar-refractivity contribution >= 4 is 17.9 Å². The molecular weight excluding hydrogens is 344 g/mol. The molecule has 140 valence electrons. The standard InChI is InChI=1S/C20H22N4O3/c1-4-27-20(26)16-12-21-18-17(10-7-14(3)24(18)19(16)25)23-22-11-15-8-5-13(2)6-9-15/h5-6,8-12,14,23H,4,7H2,1-3H3/b22-11+. The van der Waals surface area contributed by atoms with Gasteiger partial charge in [-0.25, -0.2) is 9.78 Å². The van der Waals surface area contributed by atoms with Crippen molar-refractivity contribution < 1.29 is 9.53 Å². The van der Waals surface area contributed by atoms with Gasteiger partial charge in [0.15, 0.2) is 5.82 Å². The lowest BCUT2D eigenvalue weighted by Crippen LogP contribution is -2.35. The molecule has 1 N–H and O–H groups in total. The highest BCUT2D eigenvalue weighted by Crippen LogP contribution is 2.23. The fraction of sp³-hybridized carbons (Fsp3) is 0.300. The van der Waals surface area contributed by atoms with Gasteiger partial charge < -0.3 is 4.74 Å². The van der Waals surface area contributed by atoms with E-state index in [0.717, 1.165) is 5.56 Å². The molecule has 7 nitrogen and oxygen atoms in total. The number of nitrogens with zero attached hydrogens (tertiary/aromatic N) is 3. The summed E-state index contributed by atoms with van der Waals surface area (Å²) >= 11 is 0. The highest BCUT2D eigenvalue weighted by Gasteiger charge is 2.24. The van der Waals surface area contributed by atoms with Crippen LogP contribution >= 0.6 is 0 Å². The Morgan fingerprint density at radius 1 is 1.41 bits per heavy atom. The molecule has 0 saturated carbocycles. The van der Waals surface area contributed by atoms with Crippen molar-refractivity contribution in [3.05, 3.63) is 69.4 Å². The molecule has 0 spiro atoms. The van der Waals surface area contributed by atoms with Crippen LogP contribution in [-0.2, 0) is 4.74 Å². The van der Waals surface area contributed by atoms with E-state index in [-0.39, 0.29) is 18.2 Å². The fourth-order valence-electron chi connectivity index (χ4n) is 2.84. The number of fused-ring (bicyclic) bond motifs is 1. The Balaban J connectivity index is 1.86. The van der Waals surface area contributed by atoms with Crippen molar-refractivity contribution in [2.45, 2.75) is 33.2 Å². The summed E-state index contributed by atoms with van der Waals surface area (Å²) in [6.45, 7) is 5.83. The van der Waals surface area contributed by atoms with E-state index in [0.29, 0.717) is 17.9 Å². The van der Waals surface area contributed by atoms with Crippen molar-refractivity contribution in [2.75, 3.05) is 6.61 Å². The molecule has 0 fully saturated rings. The Bertz CT molecular complexity index is 958. The summed E-state index contributed by atoms with van der Waals surface area (Å²) < 4.78 is 6.45. The second-order valence-electron chi connectivity index (χ2n) is 6.37. The zero-order valence-electron chi connectivity index (χ0n) is 15.6. The number of aryl methyl sites for hydroxylation is 1. The second-order valence-corrected chi connectivity index (χ2v) is 6.37. The average molecular weight is 366 g/mol. The Hall–Kier alpha value is -3.22. The van der Waals surface area contributed by atoms with Crippen molar-refractivity contribution in [1.29, 1.82) is 0 Å². The fourth-order valence-corrected chi connectivity index (χ4v) is 2.84. The lowest BCUT2D eigenvalue weighted by molar-refractivity contribution is 0.0522. The molecule has 3 rings (SSSR count). The molecule has 27 heavy (non-hydrogen) atoms. The third kappa shape index (κ3) is 3.97. The lowest BCUT2D eigenvalue weighted by Gasteiger charge is -2.24. The predicted octanol–water partition coefficient (Wildman–Crippen LogP) is 2.66. The van der Waals surface area contributed by atoms with Gasteiger partial charge in [0.1, 0.15) is 5.56 Å². The van der Waals surface area contributed by atoms with Crippen molar-refractivity contribution in [2.24, 2.45) is 5.10 Å². The summed E-state index contributed by atoms with van der Waals surface area (Å²) in [4.78, 5) is 29.0. The van der Waals surface area contributed by atoms with Crippen LogP contribution < -0.4 is 11.0 Å². The number of ether oxygens (including phenoxy) is 1. The van der Waals surface area contributed by atoms with Gasteiger partial charge in [0.2, 0.25) is 0 Å². The molecule has 2 aromatic rings. The number of hydrogen-bond acceptors (Lipinski definition) is 6. The number of nitrogens with one attached hydrogen (secondary N) is 1. The van der Waals surface area contributed by atoms with Gasteiger partial charge in [-0.05, 0) is 32.8 Å². The summed E-state index contributed by atoms with van der Waals surface area (Å²) in [6, 6.07) is 7.85. The van der Waals surface area contributed by atoms with E-state index < -0.39 is 11.5 Å². The molecule has 1 aliphatic rings. The summed E-state index contributed by atoms with van der Waals surface area (Å²) in [5.41, 5.74) is 5.26. The minimum absolute atomic E-state index is 0.0585. The maximum atomic E-state index is 12.7. The van der Waals surface area contributed by atoms with Crippen LogP contribution in [0.25, 0.3) is 5.70 Å². The maximum Gasteiger partial charge on any atom is 0.345 e. The number of benzene rings is 1. The summed E-state index contributed by atoms with van der Waals surface area (Å²) in [5, 5.41) is 4.25. The van der Waals surface area contributed by atoms with Gasteiger partial charge in [0.25, 0.3) is 5.56 Å². The molecule has 0 aliphatic carbocycles. The smallest absolute Gasteiger partial charge is 0.345 e. The molecule has 1 atom stereocenters. The summed E-state index contributed by atoms with van der Waals surface area (Å²) in [6.07, 6.45) is 5.55.